The number of carbonyl (C=O) groups excluding carboxylic acids is 1. The van der Waals surface area contributed by atoms with Crippen molar-refractivity contribution in [2.45, 2.75) is 39.2 Å². The van der Waals surface area contributed by atoms with Crippen molar-refractivity contribution in [2.75, 3.05) is 13.1 Å². The first-order valence-corrected chi connectivity index (χ1v) is 6.36. The molecule has 1 aromatic heterocycles. The summed E-state index contributed by atoms with van der Waals surface area (Å²) in [5.74, 6) is -0.332. The van der Waals surface area contributed by atoms with Crippen LogP contribution in [0, 0.1) is 12.7 Å². The highest BCUT2D eigenvalue weighted by atomic mass is 19.1. The first-order valence-electron chi connectivity index (χ1n) is 6.36. The van der Waals surface area contributed by atoms with Crippen LogP contribution in [0.3, 0.4) is 0 Å². The first kappa shape index (κ1) is 16.3. The topological polar surface area (TPSA) is 42.4 Å². The number of amides is 1. The molecule has 1 aromatic rings. The third kappa shape index (κ3) is 3.65. The minimum absolute atomic E-state index is 0. The number of ether oxygens (including phenoxy) is 1. The van der Waals surface area contributed by atoms with Crippen molar-refractivity contribution < 1.29 is 18.6 Å². The van der Waals surface area contributed by atoms with Gasteiger partial charge in [-0.1, -0.05) is 0 Å². The summed E-state index contributed by atoms with van der Waals surface area (Å²) in [4.78, 5) is 17.4. The van der Waals surface area contributed by atoms with Gasteiger partial charge in [-0.25, -0.2) is 9.18 Å². The lowest BCUT2D eigenvalue weighted by molar-refractivity contribution is 0.00755. The van der Waals surface area contributed by atoms with E-state index < -0.39 is 5.60 Å². The van der Waals surface area contributed by atoms with Crippen molar-refractivity contribution in [1.82, 2.24) is 9.88 Å². The van der Waals surface area contributed by atoms with Gasteiger partial charge in [0, 0.05) is 25.2 Å². The Hall–Kier alpha value is -1.72. The average Bonchev–Trinajstić information content (AvgIpc) is 2.16. The highest BCUT2D eigenvalue weighted by Crippen LogP contribution is 2.28. The van der Waals surface area contributed by atoms with Crippen LogP contribution >= 0.6 is 0 Å². The zero-order chi connectivity index (χ0) is 14.2. The molecule has 0 saturated carbocycles. The number of nitrogens with zero attached hydrogens (tertiary/aromatic N) is 2. The lowest BCUT2D eigenvalue weighted by atomic mass is 9.95. The van der Waals surface area contributed by atoms with Crippen molar-refractivity contribution in [1.29, 1.82) is 0 Å². The lowest BCUT2D eigenvalue weighted by Crippen LogP contribution is -2.50. The van der Waals surface area contributed by atoms with Gasteiger partial charge in [0.1, 0.15) is 11.4 Å². The maximum absolute atomic E-state index is 13.7. The van der Waals surface area contributed by atoms with Crippen molar-refractivity contribution in [3.05, 3.63) is 29.3 Å². The second kappa shape index (κ2) is 5.73. The molecule has 0 N–H and O–H groups in total. The zero-order valence-corrected chi connectivity index (χ0v) is 12.1. The summed E-state index contributed by atoms with van der Waals surface area (Å²) >= 11 is 0. The van der Waals surface area contributed by atoms with Gasteiger partial charge in [0.05, 0.1) is 5.69 Å². The van der Waals surface area contributed by atoms with Crippen molar-refractivity contribution in [3.8, 4) is 0 Å². The molecule has 112 valence electrons. The molecule has 1 fully saturated rings. The standard InChI is InChI=1S/C14H19FN2O2.FH/c1-9-5-11(15)12(16-6-9)10-7-17(8-10)13(18)19-14(2,3)4;/h5-6,10H,7-8H2,1-4H3;1H. The Morgan fingerprint density at radius 1 is 1.45 bits per heavy atom. The minimum atomic E-state index is -0.504. The molecule has 0 radical (unpaired) electrons. The van der Waals surface area contributed by atoms with Gasteiger partial charge in [0.2, 0.25) is 0 Å². The monoisotopic (exact) mass is 286 g/mol. The predicted octanol–water partition coefficient (Wildman–Crippen LogP) is 3.02. The summed E-state index contributed by atoms with van der Waals surface area (Å²) in [5, 5.41) is 0. The van der Waals surface area contributed by atoms with Crippen LogP contribution in [-0.2, 0) is 4.74 Å². The summed E-state index contributed by atoms with van der Waals surface area (Å²) in [5.41, 5.74) is 0.727. The summed E-state index contributed by atoms with van der Waals surface area (Å²) in [6, 6.07) is 1.47. The third-order valence-corrected chi connectivity index (χ3v) is 2.93. The number of pyridine rings is 1. The van der Waals surface area contributed by atoms with Gasteiger partial charge in [-0.15, -0.1) is 0 Å². The van der Waals surface area contributed by atoms with Crippen molar-refractivity contribution in [3.63, 3.8) is 0 Å². The predicted molar refractivity (Wildman–Crippen MR) is 72.0 cm³/mol. The van der Waals surface area contributed by atoms with Gasteiger partial charge in [-0.2, -0.15) is 0 Å². The van der Waals surface area contributed by atoms with Gasteiger partial charge in [-0.05, 0) is 39.3 Å². The molecule has 2 rings (SSSR count). The molecular weight excluding hydrogens is 266 g/mol. The van der Waals surface area contributed by atoms with E-state index in [1.165, 1.54) is 6.07 Å². The Morgan fingerprint density at radius 3 is 2.55 bits per heavy atom. The number of halogens is 2. The van der Waals surface area contributed by atoms with Crippen LogP contribution in [0.15, 0.2) is 12.3 Å². The SMILES string of the molecule is Cc1cnc(C2CN(C(=O)OC(C)(C)C)C2)c(F)c1.F. The summed E-state index contributed by atoms with van der Waals surface area (Å²) in [6.45, 7) is 8.19. The molecule has 0 bridgehead atoms. The number of hydrogen-bond acceptors (Lipinski definition) is 3. The molecular formula is C14H20F2N2O2. The number of hydrogen-bond donors (Lipinski definition) is 0. The maximum Gasteiger partial charge on any atom is 0.410 e. The molecule has 6 heteroatoms. The van der Waals surface area contributed by atoms with Crippen LogP contribution in [-0.4, -0.2) is 34.7 Å². The van der Waals surface area contributed by atoms with E-state index in [1.54, 1.807) is 18.0 Å². The van der Waals surface area contributed by atoms with E-state index >= 15 is 0 Å². The fourth-order valence-electron chi connectivity index (χ4n) is 1.97. The molecule has 0 aliphatic carbocycles. The number of aromatic nitrogens is 1. The highest BCUT2D eigenvalue weighted by Gasteiger charge is 2.36. The Morgan fingerprint density at radius 2 is 2.05 bits per heavy atom. The van der Waals surface area contributed by atoms with Crippen LogP contribution in [0.5, 0.6) is 0 Å². The fraction of sp³-hybridized carbons (Fsp3) is 0.571. The smallest absolute Gasteiger partial charge is 0.410 e. The largest absolute Gasteiger partial charge is 0.444 e. The molecule has 2 heterocycles. The van der Waals surface area contributed by atoms with E-state index in [-0.39, 0.29) is 22.5 Å². The Kier molecular flexibility index (Phi) is 4.68. The van der Waals surface area contributed by atoms with E-state index in [1.807, 2.05) is 20.8 Å². The van der Waals surface area contributed by atoms with E-state index in [9.17, 15) is 9.18 Å². The summed E-state index contributed by atoms with van der Waals surface area (Å²) in [6.07, 6.45) is 1.30. The lowest BCUT2D eigenvalue weighted by Gasteiger charge is -2.39. The third-order valence-electron chi connectivity index (χ3n) is 2.93. The second-order valence-corrected chi connectivity index (χ2v) is 5.96. The molecule has 0 unspecified atom stereocenters. The Labute approximate surface area is 117 Å². The molecule has 0 spiro atoms. The molecule has 0 atom stereocenters. The first-order chi connectivity index (χ1) is 8.76. The number of rotatable bonds is 1. The maximum atomic E-state index is 13.7. The van der Waals surface area contributed by atoms with Crippen LogP contribution in [0.4, 0.5) is 13.9 Å². The Bertz CT molecular complexity index is 494. The fourth-order valence-corrected chi connectivity index (χ4v) is 1.97. The molecule has 1 aliphatic heterocycles. The molecule has 0 aromatic carbocycles. The van der Waals surface area contributed by atoms with Crippen LogP contribution in [0.25, 0.3) is 0 Å². The van der Waals surface area contributed by atoms with Crippen LogP contribution in [0.1, 0.15) is 37.9 Å². The number of likely N-dealkylation sites (tertiary alicyclic amines) is 1. The molecule has 1 saturated heterocycles. The molecule has 1 amide bonds. The van der Waals surface area contributed by atoms with E-state index in [0.29, 0.717) is 18.8 Å². The van der Waals surface area contributed by atoms with Crippen LogP contribution in [0.2, 0.25) is 0 Å². The van der Waals surface area contributed by atoms with Gasteiger partial charge in [-0.3, -0.25) is 9.69 Å². The van der Waals surface area contributed by atoms with Gasteiger partial charge in [0.25, 0.3) is 0 Å². The summed E-state index contributed by atoms with van der Waals surface area (Å²) in [7, 11) is 0. The molecule has 20 heavy (non-hydrogen) atoms. The number of aryl methyl sites for hydroxylation is 1. The second-order valence-electron chi connectivity index (χ2n) is 5.96. The van der Waals surface area contributed by atoms with E-state index in [2.05, 4.69) is 4.98 Å². The van der Waals surface area contributed by atoms with E-state index in [0.717, 1.165) is 5.56 Å². The molecule has 1 aliphatic rings. The van der Waals surface area contributed by atoms with Crippen LogP contribution < -0.4 is 0 Å². The van der Waals surface area contributed by atoms with Gasteiger partial charge in [0.15, 0.2) is 0 Å². The average molecular weight is 286 g/mol. The van der Waals surface area contributed by atoms with Crippen molar-refractivity contribution in [2.24, 2.45) is 0 Å². The van der Waals surface area contributed by atoms with Gasteiger partial charge < -0.3 is 9.64 Å². The molecule has 4 nitrogen and oxygen atoms in total. The quantitative estimate of drug-likeness (QED) is 0.797. The zero-order valence-electron chi connectivity index (χ0n) is 12.1. The normalized spacial score (nSPS) is 15.3. The van der Waals surface area contributed by atoms with E-state index in [4.69, 9.17) is 4.74 Å². The highest BCUT2D eigenvalue weighted by molar-refractivity contribution is 5.69. The number of carbonyl (C=O) groups is 1. The summed E-state index contributed by atoms with van der Waals surface area (Å²) < 4.78 is 19.0. The Balaban J connectivity index is 0.00000200. The van der Waals surface area contributed by atoms with Gasteiger partial charge >= 0.3 is 6.09 Å². The van der Waals surface area contributed by atoms with Crippen molar-refractivity contribution >= 4 is 6.09 Å². The minimum Gasteiger partial charge on any atom is -0.444 e.